The Morgan fingerprint density at radius 1 is 0.892 bits per heavy atom. The number of anilines is 1. The number of nitrogens with one attached hydrogen (secondary N) is 2. The second-order valence-corrected chi connectivity index (χ2v) is 8.58. The summed E-state index contributed by atoms with van der Waals surface area (Å²) in [6.07, 6.45) is 5.79. The molecule has 0 unspecified atom stereocenters. The maximum absolute atomic E-state index is 12.6. The highest BCUT2D eigenvalue weighted by Crippen LogP contribution is 2.36. The van der Waals surface area contributed by atoms with Crippen LogP contribution in [-0.2, 0) is 9.59 Å². The van der Waals surface area contributed by atoms with Crippen molar-refractivity contribution in [3.05, 3.63) is 73.2 Å². The predicted octanol–water partition coefficient (Wildman–Crippen LogP) is 3.30. The summed E-state index contributed by atoms with van der Waals surface area (Å²) in [6, 6.07) is 15.4. The molecule has 0 saturated carbocycles. The molecular formula is C26H20N6O5. The summed E-state index contributed by atoms with van der Waals surface area (Å²) in [4.78, 5) is 51.4. The topological polar surface area (TPSA) is 140 Å². The number of benzene rings is 1. The van der Waals surface area contributed by atoms with E-state index in [1.54, 1.807) is 47.8 Å². The summed E-state index contributed by atoms with van der Waals surface area (Å²) in [5.74, 6) is 0.685. The van der Waals surface area contributed by atoms with Gasteiger partial charge in [0.1, 0.15) is 11.4 Å². The lowest BCUT2D eigenvalue weighted by atomic mass is 9.92. The van der Waals surface area contributed by atoms with E-state index in [1.807, 2.05) is 30.3 Å². The molecule has 3 aromatic heterocycles. The minimum atomic E-state index is -1.47. The molecule has 0 atom stereocenters. The molecule has 2 saturated heterocycles. The number of hydrogen-bond acceptors (Lipinski definition) is 9. The van der Waals surface area contributed by atoms with Gasteiger partial charge in [-0.15, -0.1) is 0 Å². The molecule has 11 heteroatoms. The average Bonchev–Trinajstić information content (AvgIpc) is 3.58. The van der Waals surface area contributed by atoms with E-state index in [1.165, 1.54) is 0 Å². The molecule has 6 rings (SSSR count). The van der Waals surface area contributed by atoms with Crippen LogP contribution in [0.4, 0.5) is 10.5 Å². The zero-order valence-electron chi connectivity index (χ0n) is 19.4. The molecule has 0 bridgehead atoms. The number of aromatic nitrogens is 3. The first kappa shape index (κ1) is 22.4. The standard InChI is InChI=1S/C26H20N6O5/c33-23-26(24(34)31-25(35)30-23)11-3-13-32(26)17-7-10-21(28-14-17)36-18-8-5-16(6-9-18)22-29-15-20(37-22)19-4-1-2-12-27-19/h1-2,4-10,12,14-15H,3,11,13H2,(H2,30,31,33,34,35). The van der Waals surface area contributed by atoms with Gasteiger partial charge in [-0.25, -0.2) is 14.8 Å². The summed E-state index contributed by atoms with van der Waals surface area (Å²) in [7, 11) is 0. The zero-order valence-corrected chi connectivity index (χ0v) is 19.4. The number of barbiturate groups is 1. The highest BCUT2D eigenvalue weighted by molar-refractivity contribution is 6.24. The van der Waals surface area contributed by atoms with Crippen LogP contribution in [0, 0.1) is 0 Å². The van der Waals surface area contributed by atoms with Crippen molar-refractivity contribution in [2.24, 2.45) is 0 Å². The van der Waals surface area contributed by atoms with Crippen LogP contribution in [0.3, 0.4) is 0 Å². The van der Waals surface area contributed by atoms with Crippen LogP contribution in [0.15, 0.2) is 77.6 Å². The smallest absolute Gasteiger partial charge is 0.328 e. The van der Waals surface area contributed by atoms with Gasteiger partial charge in [0.2, 0.25) is 11.8 Å². The third-order valence-electron chi connectivity index (χ3n) is 6.37. The molecular weight excluding hydrogens is 476 g/mol. The Kier molecular flexibility index (Phi) is 5.37. The lowest BCUT2D eigenvalue weighted by Crippen LogP contribution is -2.71. The number of carbonyl (C=O) groups excluding carboxylic acids is 3. The predicted molar refractivity (Wildman–Crippen MR) is 130 cm³/mol. The van der Waals surface area contributed by atoms with Gasteiger partial charge in [-0.1, -0.05) is 6.07 Å². The summed E-state index contributed by atoms with van der Waals surface area (Å²) in [6.45, 7) is 0.473. The monoisotopic (exact) mass is 496 g/mol. The van der Waals surface area contributed by atoms with Gasteiger partial charge in [-0.05, 0) is 55.3 Å². The number of pyridine rings is 2. The molecule has 184 valence electrons. The van der Waals surface area contributed by atoms with E-state index in [0.29, 0.717) is 54.0 Å². The molecule has 11 nitrogen and oxygen atoms in total. The van der Waals surface area contributed by atoms with E-state index in [9.17, 15) is 14.4 Å². The highest BCUT2D eigenvalue weighted by atomic mass is 16.5. The zero-order chi connectivity index (χ0) is 25.4. The highest BCUT2D eigenvalue weighted by Gasteiger charge is 2.57. The van der Waals surface area contributed by atoms with Crippen LogP contribution in [0.25, 0.3) is 22.9 Å². The van der Waals surface area contributed by atoms with Crippen molar-refractivity contribution in [3.63, 3.8) is 0 Å². The average molecular weight is 496 g/mol. The van der Waals surface area contributed by atoms with E-state index in [2.05, 4.69) is 25.6 Å². The number of hydrogen-bond donors (Lipinski definition) is 2. The number of rotatable bonds is 5. The molecule has 1 aromatic carbocycles. The van der Waals surface area contributed by atoms with E-state index >= 15 is 0 Å². The number of imide groups is 2. The maximum atomic E-state index is 12.6. The van der Waals surface area contributed by atoms with Crippen molar-refractivity contribution in [2.75, 3.05) is 11.4 Å². The molecule has 4 amide bonds. The van der Waals surface area contributed by atoms with E-state index < -0.39 is 23.4 Å². The van der Waals surface area contributed by atoms with Crippen LogP contribution in [0.2, 0.25) is 0 Å². The van der Waals surface area contributed by atoms with Gasteiger partial charge in [0.05, 0.1) is 18.1 Å². The van der Waals surface area contributed by atoms with Gasteiger partial charge in [0.25, 0.3) is 11.8 Å². The van der Waals surface area contributed by atoms with Gasteiger partial charge >= 0.3 is 6.03 Å². The van der Waals surface area contributed by atoms with Crippen molar-refractivity contribution in [3.8, 4) is 34.5 Å². The Hall–Kier alpha value is -5.06. The van der Waals surface area contributed by atoms with E-state index in [-0.39, 0.29) is 0 Å². The number of ether oxygens (including phenoxy) is 1. The Balaban J connectivity index is 1.16. The fraction of sp³-hybridized carbons (Fsp3) is 0.154. The fourth-order valence-corrected chi connectivity index (χ4v) is 4.60. The first-order valence-electron chi connectivity index (χ1n) is 11.6. The largest absolute Gasteiger partial charge is 0.439 e. The minimum Gasteiger partial charge on any atom is -0.439 e. The normalized spacial score (nSPS) is 16.5. The molecule has 4 aromatic rings. The summed E-state index contributed by atoms with van der Waals surface area (Å²) >= 11 is 0. The molecule has 1 spiro atoms. The lowest BCUT2D eigenvalue weighted by molar-refractivity contribution is -0.137. The van der Waals surface area contributed by atoms with Crippen LogP contribution < -0.4 is 20.3 Å². The van der Waals surface area contributed by atoms with Gasteiger partial charge < -0.3 is 14.1 Å². The van der Waals surface area contributed by atoms with Crippen LogP contribution in [0.1, 0.15) is 12.8 Å². The van der Waals surface area contributed by atoms with E-state index in [0.717, 1.165) is 5.56 Å². The van der Waals surface area contributed by atoms with Crippen molar-refractivity contribution < 1.29 is 23.5 Å². The Bertz CT molecular complexity index is 1460. The van der Waals surface area contributed by atoms with Crippen molar-refractivity contribution in [1.29, 1.82) is 0 Å². The van der Waals surface area contributed by atoms with Gasteiger partial charge in [-0.2, -0.15) is 0 Å². The number of nitrogens with zero attached hydrogens (tertiary/aromatic N) is 4. The SMILES string of the molecule is O=C1NC(=O)C2(CCCN2c2ccc(Oc3ccc(-c4ncc(-c5ccccn5)o4)cc3)nc2)C(=O)N1. The van der Waals surface area contributed by atoms with Gasteiger partial charge in [-0.3, -0.25) is 25.2 Å². The van der Waals surface area contributed by atoms with Crippen LogP contribution >= 0.6 is 0 Å². The first-order chi connectivity index (χ1) is 18.0. The van der Waals surface area contributed by atoms with Crippen molar-refractivity contribution in [1.82, 2.24) is 25.6 Å². The molecule has 0 aliphatic carbocycles. The summed E-state index contributed by atoms with van der Waals surface area (Å²) in [5.41, 5.74) is 0.588. The first-order valence-corrected chi connectivity index (χ1v) is 11.6. The number of urea groups is 1. The molecule has 5 heterocycles. The quantitative estimate of drug-likeness (QED) is 0.398. The van der Waals surface area contributed by atoms with Crippen molar-refractivity contribution in [2.45, 2.75) is 18.4 Å². The Morgan fingerprint density at radius 2 is 1.70 bits per heavy atom. The fourth-order valence-electron chi connectivity index (χ4n) is 4.60. The number of oxazole rings is 1. The molecule has 2 aliphatic heterocycles. The summed E-state index contributed by atoms with van der Waals surface area (Å²) < 4.78 is 11.7. The number of carbonyl (C=O) groups is 3. The second kappa shape index (κ2) is 8.86. The third-order valence-corrected chi connectivity index (χ3v) is 6.37. The molecule has 37 heavy (non-hydrogen) atoms. The molecule has 0 radical (unpaired) electrons. The Labute approximate surface area is 210 Å². The minimum absolute atomic E-state index is 0.302. The molecule has 2 N–H and O–H groups in total. The summed E-state index contributed by atoms with van der Waals surface area (Å²) in [5, 5.41) is 4.40. The van der Waals surface area contributed by atoms with E-state index in [4.69, 9.17) is 9.15 Å². The van der Waals surface area contributed by atoms with Gasteiger partial charge in [0.15, 0.2) is 11.3 Å². The van der Waals surface area contributed by atoms with Crippen molar-refractivity contribution >= 4 is 23.5 Å². The second-order valence-electron chi connectivity index (χ2n) is 8.58. The Morgan fingerprint density at radius 3 is 2.41 bits per heavy atom. The van der Waals surface area contributed by atoms with Crippen LogP contribution in [0.5, 0.6) is 11.6 Å². The third kappa shape index (κ3) is 3.96. The molecule has 2 fully saturated rings. The number of amides is 4. The lowest BCUT2D eigenvalue weighted by Gasteiger charge is -2.38. The van der Waals surface area contributed by atoms with Crippen LogP contribution in [-0.4, -0.2) is 44.9 Å². The molecule has 2 aliphatic rings. The maximum Gasteiger partial charge on any atom is 0.328 e. The van der Waals surface area contributed by atoms with Gasteiger partial charge in [0, 0.05) is 24.4 Å².